The van der Waals surface area contributed by atoms with Crippen molar-refractivity contribution in [1.29, 1.82) is 5.26 Å². The van der Waals surface area contributed by atoms with Gasteiger partial charge in [-0.1, -0.05) is 36.4 Å². The van der Waals surface area contributed by atoms with Gasteiger partial charge < -0.3 is 9.47 Å². The minimum atomic E-state index is 0.450. The summed E-state index contributed by atoms with van der Waals surface area (Å²) in [4.78, 5) is 0. The van der Waals surface area contributed by atoms with Crippen LogP contribution in [-0.4, -0.2) is 22.0 Å². The molecule has 0 unspecified atom stereocenters. The number of ether oxygens (including phenoxy) is 2. The highest BCUT2D eigenvalue weighted by Gasteiger charge is 2.13. The topological polar surface area (TPSA) is 76.2 Å². The van der Waals surface area contributed by atoms with Crippen molar-refractivity contribution < 1.29 is 9.47 Å². The average molecular weight is 411 g/mol. The van der Waals surface area contributed by atoms with Crippen LogP contribution in [0.15, 0.2) is 85.5 Å². The molecule has 7 nitrogen and oxygen atoms in total. The SMILES string of the molecule is COc1ccc(CN(c2ccc(C#N)cc2)n2cnnc2)cc1OCc1ccccc1. The van der Waals surface area contributed by atoms with Crippen LogP contribution >= 0.6 is 0 Å². The van der Waals surface area contributed by atoms with Crippen molar-refractivity contribution >= 4 is 5.69 Å². The van der Waals surface area contributed by atoms with E-state index in [1.165, 1.54) is 0 Å². The zero-order valence-electron chi connectivity index (χ0n) is 17.0. The maximum atomic E-state index is 9.08. The minimum Gasteiger partial charge on any atom is -0.493 e. The molecule has 0 aliphatic carbocycles. The maximum absolute atomic E-state index is 9.08. The second-order valence-electron chi connectivity index (χ2n) is 6.82. The number of anilines is 1. The summed E-state index contributed by atoms with van der Waals surface area (Å²) in [6, 6.07) is 25.4. The third kappa shape index (κ3) is 4.82. The van der Waals surface area contributed by atoms with E-state index >= 15 is 0 Å². The minimum absolute atomic E-state index is 0.450. The second kappa shape index (κ2) is 9.46. The number of benzene rings is 3. The van der Waals surface area contributed by atoms with Gasteiger partial charge in [0.25, 0.3) is 0 Å². The Morgan fingerprint density at radius 3 is 2.32 bits per heavy atom. The van der Waals surface area contributed by atoms with Gasteiger partial charge in [0, 0.05) is 0 Å². The Kier molecular flexibility index (Phi) is 6.10. The van der Waals surface area contributed by atoms with Crippen LogP contribution in [0.2, 0.25) is 0 Å². The second-order valence-corrected chi connectivity index (χ2v) is 6.82. The number of rotatable bonds is 8. The van der Waals surface area contributed by atoms with Crippen LogP contribution in [0.4, 0.5) is 5.69 Å². The zero-order valence-corrected chi connectivity index (χ0v) is 17.0. The van der Waals surface area contributed by atoms with Crippen molar-refractivity contribution in [3.63, 3.8) is 0 Å². The van der Waals surface area contributed by atoms with E-state index in [0.717, 1.165) is 16.8 Å². The first kappa shape index (κ1) is 20.0. The molecule has 154 valence electrons. The largest absolute Gasteiger partial charge is 0.493 e. The molecule has 0 aliphatic heterocycles. The van der Waals surface area contributed by atoms with Crippen molar-refractivity contribution in [2.75, 3.05) is 12.1 Å². The van der Waals surface area contributed by atoms with Gasteiger partial charge >= 0.3 is 0 Å². The van der Waals surface area contributed by atoms with Crippen LogP contribution in [0.3, 0.4) is 0 Å². The fraction of sp³-hybridized carbons (Fsp3) is 0.125. The molecule has 1 heterocycles. The van der Waals surface area contributed by atoms with Crippen molar-refractivity contribution in [2.24, 2.45) is 0 Å². The Hall–Kier alpha value is -4.31. The van der Waals surface area contributed by atoms with Crippen molar-refractivity contribution in [3.8, 4) is 17.6 Å². The predicted octanol–water partition coefficient (Wildman–Crippen LogP) is 4.21. The van der Waals surface area contributed by atoms with Gasteiger partial charge in [0.1, 0.15) is 19.3 Å². The molecular weight excluding hydrogens is 390 g/mol. The van der Waals surface area contributed by atoms with Crippen LogP contribution in [0, 0.1) is 11.3 Å². The molecule has 0 radical (unpaired) electrons. The molecule has 7 heteroatoms. The molecule has 0 amide bonds. The molecule has 3 aromatic carbocycles. The number of nitriles is 1. The third-order valence-corrected chi connectivity index (χ3v) is 4.78. The van der Waals surface area contributed by atoms with Crippen LogP contribution in [0.25, 0.3) is 0 Å². The lowest BCUT2D eigenvalue weighted by atomic mass is 10.1. The standard InChI is InChI=1S/C24H21N5O2/c1-30-23-12-9-21(13-24(23)31-16-20-5-3-2-4-6-20)15-29(28-17-26-27-18-28)22-10-7-19(14-25)8-11-22/h2-13,17-18H,15-16H2,1H3. The maximum Gasteiger partial charge on any atom is 0.162 e. The molecule has 4 rings (SSSR count). The van der Waals surface area contributed by atoms with Gasteiger partial charge in [-0.15, -0.1) is 10.2 Å². The van der Waals surface area contributed by atoms with Crippen LogP contribution in [0.1, 0.15) is 16.7 Å². The molecule has 0 atom stereocenters. The Bertz CT molecular complexity index is 1150. The summed E-state index contributed by atoms with van der Waals surface area (Å²) < 4.78 is 13.3. The van der Waals surface area contributed by atoms with E-state index in [4.69, 9.17) is 14.7 Å². The molecule has 0 spiro atoms. The van der Waals surface area contributed by atoms with Gasteiger partial charge in [-0.25, -0.2) is 4.68 Å². The van der Waals surface area contributed by atoms with E-state index < -0.39 is 0 Å². The first-order valence-corrected chi connectivity index (χ1v) is 9.73. The summed E-state index contributed by atoms with van der Waals surface area (Å²) in [6.07, 6.45) is 3.27. The van der Waals surface area contributed by atoms with Gasteiger partial charge in [0.15, 0.2) is 11.5 Å². The van der Waals surface area contributed by atoms with Crippen LogP contribution < -0.4 is 14.5 Å². The number of methoxy groups -OCH3 is 1. The Labute approximate surface area is 180 Å². The average Bonchev–Trinajstić information content (AvgIpc) is 3.37. The monoisotopic (exact) mass is 411 g/mol. The van der Waals surface area contributed by atoms with Crippen LogP contribution in [-0.2, 0) is 13.2 Å². The molecular formula is C24H21N5O2. The molecule has 0 aliphatic rings. The summed E-state index contributed by atoms with van der Waals surface area (Å²) >= 11 is 0. The van der Waals surface area contributed by atoms with Gasteiger partial charge in [0.05, 0.1) is 31.0 Å². The summed E-state index contributed by atoms with van der Waals surface area (Å²) in [5, 5.41) is 18.9. The summed E-state index contributed by atoms with van der Waals surface area (Å²) in [5.41, 5.74) is 3.61. The number of aromatic nitrogens is 3. The van der Waals surface area contributed by atoms with Crippen LogP contribution in [0.5, 0.6) is 11.5 Å². The molecule has 0 saturated heterocycles. The molecule has 31 heavy (non-hydrogen) atoms. The lowest BCUT2D eigenvalue weighted by Crippen LogP contribution is -2.27. The van der Waals surface area contributed by atoms with E-state index in [0.29, 0.717) is 30.2 Å². The van der Waals surface area contributed by atoms with E-state index in [-0.39, 0.29) is 0 Å². The zero-order chi connectivity index (χ0) is 21.5. The van der Waals surface area contributed by atoms with Gasteiger partial charge in [-0.3, -0.25) is 5.01 Å². The first-order valence-electron chi connectivity index (χ1n) is 9.73. The Morgan fingerprint density at radius 1 is 0.903 bits per heavy atom. The number of nitrogens with zero attached hydrogens (tertiary/aromatic N) is 5. The lowest BCUT2D eigenvalue weighted by Gasteiger charge is -2.25. The van der Waals surface area contributed by atoms with Crippen molar-refractivity contribution in [3.05, 3.63) is 102 Å². The third-order valence-electron chi connectivity index (χ3n) is 4.78. The Morgan fingerprint density at radius 2 is 1.65 bits per heavy atom. The first-order chi connectivity index (χ1) is 15.3. The molecule has 0 N–H and O–H groups in total. The number of hydrogen-bond acceptors (Lipinski definition) is 6. The fourth-order valence-corrected chi connectivity index (χ4v) is 3.17. The normalized spacial score (nSPS) is 10.3. The Balaban J connectivity index is 1.59. The van der Waals surface area contributed by atoms with E-state index in [2.05, 4.69) is 16.3 Å². The van der Waals surface area contributed by atoms with Gasteiger partial charge in [0.2, 0.25) is 0 Å². The van der Waals surface area contributed by atoms with Gasteiger partial charge in [-0.05, 0) is 47.5 Å². The van der Waals surface area contributed by atoms with Gasteiger partial charge in [-0.2, -0.15) is 5.26 Å². The molecule has 0 fully saturated rings. The van der Waals surface area contributed by atoms with E-state index in [1.54, 1.807) is 36.6 Å². The van der Waals surface area contributed by atoms with Crippen molar-refractivity contribution in [2.45, 2.75) is 13.2 Å². The summed E-state index contributed by atoms with van der Waals surface area (Å²) in [7, 11) is 1.63. The highest BCUT2D eigenvalue weighted by atomic mass is 16.5. The quantitative estimate of drug-likeness (QED) is 0.432. The predicted molar refractivity (Wildman–Crippen MR) is 117 cm³/mol. The lowest BCUT2D eigenvalue weighted by molar-refractivity contribution is 0.284. The van der Waals surface area contributed by atoms with Crippen molar-refractivity contribution in [1.82, 2.24) is 14.9 Å². The molecule has 0 saturated carbocycles. The molecule has 0 bridgehead atoms. The summed E-state index contributed by atoms with van der Waals surface area (Å²) in [6.45, 7) is 0.987. The smallest absolute Gasteiger partial charge is 0.162 e. The molecule has 4 aromatic rings. The van der Waals surface area contributed by atoms with E-state index in [1.807, 2.05) is 65.7 Å². The fourth-order valence-electron chi connectivity index (χ4n) is 3.17. The number of hydrogen-bond donors (Lipinski definition) is 0. The highest BCUT2D eigenvalue weighted by Crippen LogP contribution is 2.30. The van der Waals surface area contributed by atoms with E-state index in [9.17, 15) is 0 Å². The highest BCUT2D eigenvalue weighted by molar-refractivity contribution is 5.51. The molecule has 1 aromatic heterocycles. The summed E-state index contributed by atoms with van der Waals surface area (Å²) in [5.74, 6) is 1.35.